The average Bonchev–Trinajstić information content (AvgIpc) is 2.63. The first-order valence-electron chi connectivity index (χ1n) is 5.58. The lowest BCUT2D eigenvalue weighted by Gasteiger charge is -2.07. The summed E-state index contributed by atoms with van der Waals surface area (Å²) < 4.78 is 0. The van der Waals surface area contributed by atoms with Gasteiger partial charge in [0, 0.05) is 0 Å². The highest BCUT2D eigenvalue weighted by atomic mass is 14.5. The number of rotatable bonds is 5. The molecular formula is C12H24. The van der Waals surface area contributed by atoms with Gasteiger partial charge in [-0.3, -0.25) is 0 Å². The van der Waals surface area contributed by atoms with E-state index in [0.29, 0.717) is 0 Å². The molecule has 2 atom stereocenters. The van der Waals surface area contributed by atoms with Crippen LogP contribution in [0.15, 0.2) is 0 Å². The summed E-state index contributed by atoms with van der Waals surface area (Å²) in [5, 5.41) is 0. The fourth-order valence-electron chi connectivity index (χ4n) is 2.16. The van der Waals surface area contributed by atoms with Crippen molar-refractivity contribution >= 4 is 0 Å². The number of hydrogen-bond acceptors (Lipinski definition) is 0. The predicted molar refractivity (Wildman–Crippen MR) is 55.2 cm³/mol. The Hall–Kier alpha value is 0. The third kappa shape index (κ3) is 2.50. The standard InChI is InChI=1S/C12H24/c1-5-12(4)9-11(12)8-6-7-10(2)3/h10-11H,5-9H2,1-4H3. The predicted octanol–water partition coefficient (Wildman–Crippen LogP) is 4.25. The molecule has 0 aromatic heterocycles. The highest BCUT2D eigenvalue weighted by molar-refractivity contribution is 4.97. The van der Waals surface area contributed by atoms with Crippen LogP contribution in [0.1, 0.15) is 59.8 Å². The lowest BCUT2D eigenvalue weighted by atomic mass is 9.98. The van der Waals surface area contributed by atoms with Crippen molar-refractivity contribution in [3.05, 3.63) is 0 Å². The molecule has 0 N–H and O–H groups in total. The minimum Gasteiger partial charge on any atom is -0.0649 e. The highest BCUT2D eigenvalue weighted by Crippen LogP contribution is 2.57. The molecule has 0 amide bonds. The Labute approximate surface area is 77.7 Å². The third-order valence-corrected chi connectivity index (χ3v) is 3.68. The Morgan fingerprint density at radius 3 is 2.50 bits per heavy atom. The monoisotopic (exact) mass is 168 g/mol. The van der Waals surface area contributed by atoms with Crippen LogP contribution in [-0.4, -0.2) is 0 Å². The molecule has 0 saturated heterocycles. The molecule has 1 saturated carbocycles. The zero-order valence-electron chi connectivity index (χ0n) is 9.19. The highest BCUT2D eigenvalue weighted by Gasteiger charge is 2.47. The smallest absolute Gasteiger partial charge is 0.0297 e. The van der Waals surface area contributed by atoms with E-state index in [1.165, 1.54) is 32.1 Å². The largest absolute Gasteiger partial charge is 0.0649 e. The van der Waals surface area contributed by atoms with E-state index in [9.17, 15) is 0 Å². The molecule has 0 spiro atoms. The molecule has 1 rings (SSSR count). The summed E-state index contributed by atoms with van der Waals surface area (Å²) >= 11 is 0. The fraction of sp³-hybridized carbons (Fsp3) is 1.00. The van der Waals surface area contributed by atoms with Crippen molar-refractivity contribution in [2.75, 3.05) is 0 Å². The van der Waals surface area contributed by atoms with Crippen LogP contribution >= 0.6 is 0 Å². The van der Waals surface area contributed by atoms with Crippen LogP contribution in [0.5, 0.6) is 0 Å². The van der Waals surface area contributed by atoms with Gasteiger partial charge >= 0.3 is 0 Å². The maximum Gasteiger partial charge on any atom is -0.0297 e. The molecule has 0 heterocycles. The van der Waals surface area contributed by atoms with Crippen LogP contribution in [0.4, 0.5) is 0 Å². The molecule has 1 aliphatic carbocycles. The van der Waals surface area contributed by atoms with Gasteiger partial charge in [0.1, 0.15) is 0 Å². The van der Waals surface area contributed by atoms with Crippen molar-refractivity contribution in [1.82, 2.24) is 0 Å². The van der Waals surface area contributed by atoms with Gasteiger partial charge in [-0.25, -0.2) is 0 Å². The Balaban J connectivity index is 2.04. The van der Waals surface area contributed by atoms with E-state index in [1.807, 2.05) is 0 Å². The molecule has 0 bridgehead atoms. The molecule has 0 nitrogen and oxygen atoms in total. The SMILES string of the molecule is CCC1(C)CC1CCCC(C)C. The molecule has 0 aromatic rings. The minimum atomic E-state index is 0.747. The first-order valence-corrected chi connectivity index (χ1v) is 5.58. The van der Waals surface area contributed by atoms with Crippen LogP contribution in [-0.2, 0) is 0 Å². The van der Waals surface area contributed by atoms with E-state index in [1.54, 1.807) is 0 Å². The Morgan fingerprint density at radius 1 is 1.42 bits per heavy atom. The zero-order valence-corrected chi connectivity index (χ0v) is 9.19. The first-order chi connectivity index (χ1) is 5.58. The quantitative estimate of drug-likeness (QED) is 0.575. The normalized spacial score (nSPS) is 34.2. The molecule has 1 fully saturated rings. The van der Waals surface area contributed by atoms with E-state index in [-0.39, 0.29) is 0 Å². The summed E-state index contributed by atoms with van der Waals surface area (Å²) in [6, 6.07) is 0. The Bertz CT molecular complexity index is 137. The molecule has 12 heavy (non-hydrogen) atoms. The van der Waals surface area contributed by atoms with Crippen molar-refractivity contribution < 1.29 is 0 Å². The second kappa shape index (κ2) is 3.81. The molecule has 0 aromatic carbocycles. The molecule has 72 valence electrons. The molecule has 1 aliphatic rings. The maximum absolute atomic E-state index is 2.45. The molecule has 2 unspecified atom stereocenters. The second-order valence-electron chi connectivity index (χ2n) is 5.23. The van der Waals surface area contributed by atoms with Gasteiger partial charge in [0.2, 0.25) is 0 Å². The summed E-state index contributed by atoms with van der Waals surface area (Å²) in [4.78, 5) is 0. The van der Waals surface area contributed by atoms with Crippen LogP contribution in [0, 0.1) is 17.3 Å². The molecule has 0 heteroatoms. The van der Waals surface area contributed by atoms with Crippen molar-refractivity contribution in [3.63, 3.8) is 0 Å². The van der Waals surface area contributed by atoms with Gasteiger partial charge in [-0.05, 0) is 30.1 Å². The van der Waals surface area contributed by atoms with Gasteiger partial charge in [0.05, 0.1) is 0 Å². The third-order valence-electron chi connectivity index (χ3n) is 3.68. The van der Waals surface area contributed by atoms with Gasteiger partial charge in [-0.2, -0.15) is 0 Å². The Kier molecular flexibility index (Phi) is 3.20. The molecular weight excluding hydrogens is 144 g/mol. The van der Waals surface area contributed by atoms with Gasteiger partial charge in [-0.15, -0.1) is 0 Å². The van der Waals surface area contributed by atoms with Crippen LogP contribution < -0.4 is 0 Å². The molecule has 0 radical (unpaired) electrons. The van der Waals surface area contributed by atoms with E-state index < -0.39 is 0 Å². The van der Waals surface area contributed by atoms with Crippen molar-refractivity contribution in [1.29, 1.82) is 0 Å². The second-order valence-corrected chi connectivity index (χ2v) is 5.23. The van der Waals surface area contributed by atoms with Crippen LogP contribution in [0.2, 0.25) is 0 Å². The summed E-state index contributed by atoms with van der Waals surface area (Å²) in [7, 11) is 0. The van der Waals surface area contributed by atoms with E-state index in [4.69, 9.17) is 0 Å². The minimum absolute atomic E-state index is 0.747. The van der Waals surface area contributed by atoms with Crippen molar-refractivity contribution in [2.45, 2.75) is 59.8 Å². The van der Waals surface area contributed by atoms with Gasteiger partial charge < -0.3 is 0 Å². The molecule has 0 aliphatic heterocycles. The average molecular weight is 168 g/mol. The summed E-state index contributed by atoms with van der Waals surface area (Å²) in [6.45, 7) is 9.44. The van der Waals surface area contributed by atoms with E-state index in [0.717, 1.165) is 17.3 Å². The summed E-state index contributed by atoms with van der Waals surface area (Å²) in [6.07, 6.45) is 7.26. The van der Waals surface area contributed by atoms with Gasteiger partial charge in [-0.1, -0.05) is 47.0 Å². The van der Waals surface area contributed by atoms with Gasteiger partial charge in [0.25, 0.3) is 0 Å². The van der Waals surface area contributed by atoms with E-state index >= 15 is 0 Å². The van der Waals surface area contributed by atoms with Gasteiger partial charge in [0.15, 0.2) is 0 Å². The van der Waals surface area contributed by atoms with Crippen LogP contribution in [0.25, 0.3) is 0 Å². The number of hydrogen-bond donors (Lipinski definition) is 0. The topological polar surface area (TPSA) is 0 Å². The van der Waals surface area contributed by atoms with Crippen LogP contribution in [0.3, 0.4) is 0 Å². The zero-order chi connectivity index (χ0) is 9.19. The first kappa shape index (κ1) is 10.1. The van der Waals surface area contributed by atoms with E-state index in [2.05, 4.69) is 27.7 Å². The maximum atomic E-state index is 2.45. The lowest BCUT2D eigenvalue weighted by Crippen LogP contribution is -1.96. The summed E-state index contributed by atoms with van der Waals surface area (Å²) in [5.41, 5.74) is 0.747. The fourth-order valence-corrected chi connectivity index (χ4v) is 2.16. The lowest BCUT2D eigenvalue weighted by molar-refractivity contribution is 0.439. The van der Waals surface area contributed by atoms with Crippen molar-refractivity contribution in [3.8, 4) is 0 Å². The van der Waals surface area contributed by atoms with Crippen molar-refractivity contribution in [2.24, 2.45) is 17.3 Å². The Morgan fingerprint density at radius 2 is 2.08 bits per heavy atom. The summed E-state index contributed by atoms with van der Waals surface area (Å²) in [5.74, 6) is 1.97.